The van der Waals surface area contributed by atoms with Gasteiger partial charge in [-0.2, -0.15) is 0 Å². The summed E-state index contributed by atoms with van der Waals surface area (Å²) >= 11 is 7.44. The van der Waals surface area contributed by atoms with Crippen molar-refractivity contribution in [1.82, 2.24) is 10.3 Å². The van der Waals surface area contributed by atoms with Crippen LogP contribution in [-0.2, 0) is 6.54 Å². The summed E-state index contributed by atoms with van der Waals surface area (Å²) in [6.45, 7) is 4.48. The molecule has 0 aliphatic heterocycles. The lowest BCUT2D eigenvalue weighted by molar-refractivity contribution is 0.252. The van der Waals surface area contributed by atoms with Crippen LogP contribution in [0, 0.1) is 13.8 Å². The van der Waals surface area contributed by atoms with Gasteiger partial charge >= 0.3 is 6.03 Å². The Morgan fingerprint density at radius 3 is 2.56 bits per heavy atom. The molecular weight excluding hydrogens is 354 g/mol. The molecule has 25 heavy (non-hydrogen) atoms. The number of benzene rings is 2. The number of carbonyl (C=O) groups is 1. The first kappa shape index (κ1) is 17.5. The number of aryl methyl sites for hydroxylation is 2. The molecule has 4 nitrogen and oxygen atoms in total. The number of hydrogen-bond acceptors (Lipinski definition) is 3. The molecule has 0 saturated heterocycles. The molecule has 0 spiro atoms. The molecule has 2 aromatic carbocycles. The molecule has 2 amide bonds. The molecular formula is C19H18ClN3OS. The molecule has 0 atom stereocenters. The number of aromatic nitrogens is 1. The van der Waals surface area contributed by atoms with E-state index in [0.717, 1.165) is 21.1 Å². The second kappa shape index (κ2) is 7.68. The monoisotopic (exact) mass is 371 g/mol. The maximum absolute atomic E-state index is 12.0. The van der Waals surface area contributed by atoms with Crippen LogP contribution in [0.2, 0.25) is 5.02 Å². The summed E-state index contributed by atoms with van der Waals surface area (Å²) in [4.78, 5) is 17.7. The lowest BCUT2D eigenvalue weighted by Crippen LogP contribution is -2.28. The van der Waals surface area contributed by atoms with E-state index in [1.807, 2.05) is 19.1 Å². The molecule has 128 valence electrons. The van der Waals surface area contributed by atoms with E-state index in [2.05, 4.69) is 34.7 Å². The van der Waals surface area contributed by atoms with Crippen LogP contribution in [0.4, 0.5) is 10.5 Å². The van der Waals surface area contributed by atoms with Crippen molar-refractivity contribution in [2.45, 2.75) is 20.4 Å². The van der Waals surface area contributed by atoms with E-state index in [1.165, 1.54) is 5.56 Å². The topological polar surface area (TPSA) is 54.0 Å². The Morgan fingerprint density at radius 1 is 1.12 bits per heavy atom. The zero-order valence-corrected chi connectivity index (χ0v) is 15.5. The number of amides is 2. The van der Waals surface area contributed by atoms with Gasteiger partial charge in [0.15, 0.2) is 0 Å². The Bertz CT molecular complexity index is 890. The van der Waals surface area contributed by atoms with Crippen LogP contribution in [0.3, 0.4) is 0 Å². The molecule has 1 heterocycles. The molecule has 0 unspecified atom stereocenters. The zero-order valence-electron chi connectivity index (χ0n) is 14.0. The van der Waals surface area contributed by atoms with Crippen LogP contribution >= 0.6 is 22.9 Å². The van der Waals surface area contributed by atoms with Crippen molar-refractivity contribution in [2.75, 3.05) is 5.32 Å². The average Bonchev–Trinajstić information content (AvgIpc) is 2.96. The van der Waals surface area contributed by atoms with Crippen LogP contribution in [0.25, 0.3) is 10.6 Å². The largest absolute Gasteiger partial charge is 0.333 e. The molecule has 0 fully saturated rings. The van der Waals surface area contributed by atoms with Gasteiger partial charge in [-0.1, -0.05) is 35.9 Å². The molecule has 0 radical (unpaired) electrons. The molecule has 3 aromatic rings. The van der Waals surface area contributed by atoms with Crippen molar-refractivity contribution < 1.29 is 4.79 Å². The molecule has 0 aliphatic carbocycles. The molecule has 3 rings (SSSR count). The Kier molecular flexibility index (Phi) is 5.36. The first-order valence-electron chi connectivity index (χ1n) is 7.85. The lowest BCUT2D eigenvalue weighted by Gasteiger charge is -2.07. The lowest BCUT2D eigenvalue weighted by atomic mass is 10.1. The Labute approximate surface area is 155 Å². The highest BCUT2D eigenvalue weighted by Gasteiger charge is 2.12. The number of hydrogen-bond donors (Lipinski definition) is 2. The summed E-state index contributed by atoms with van der Waals surface area (Å²) < 4.78 is 0. The van der Waals surface area contributed by atoms with Gasteiger partial charge < -0.3 is 10.6 Å². The van der Waals surface area contributed by atoms with Crippen LogP contribution in [0.5, 0.6) is 0 Å². The minimum absolute atomic E-state index is 0.257. The summed E-state index contributed by atoms with van der Waals surface area (Å²) in [5, 5.41) is 7.26. The highest BCUT2D eigenvalue weighted by molar-refractivity contribution is 7.15. The van der Waals surface area contributed by atoms with Gasteiger partial charge in [0.05, 0.1) is 12.2 Å². The Hall–Kier alpha value is -2.37. The first-order valence-corrected chi connectivity index (χ1v) is 9.05. The van der Waals surface area contributed by atoms with E-state index in [9.17, 15) is 4.79 Å². The van der Waals surface area contributed by atoms with Gasteiger partial charge in [0.25, 0.3) is 0 Å². The third-order valence-electron chi connectivity index (χ3n) is 3.78. The van der Waals surface area contributed by atoms with Gasteiger partial charge in [0.1, 0.15) is 5.01 Å². The predicted molar refractivity (Wildman–Crippen MR) is 104 cm³/mol. The number of carbonyl (C=O) groups excluding carboxylic acids is 1. The number of nitrogens with one attached hydrogen (secondary N) is 2. The smallest absolute Gasteiger partial charge is 0.319 e. The van der Waals surface area contributed by atoms with Gasteiger partial charge in [-0.25, -0.2) is 9.78 Å². The fourth-order valence-corrected chi connectivity index (χ4v) is 3.61. The zero-order chi connectivity index (χ0) is 17.8. The molecule has 6 heteroatoms. The third-order valence-corrected chi connectivity index (χ3v) is 5.22. The molecule has 0 aliphatic rings. The van der Waals surface area contributed by atoms with Gasteiger partial charge in [0.2, 0.25) is 0 Å². The number of halogens is 1. The number of nitrogens with zero attached hydrogens (tertiary/aromatic N) is 1. The molecule has 2 N–H and O–H groups in total. The van der Waals surface area contributed by atoms with Crippen molar-refractivity contribution in [3.8, 4) is 10.6 Å². The van der Waals surface area contributed by atoms with Crippen molar-refractivity contribution in [1.29, 1.82) is 0 Å². The van der Waals surface area contributed by atoms with Crippen molar-refractivity contribution in [3.05, 3.63) is 69.7 Å². The van der Waals surface area contributed by atoms with Crippen LogP contribution in [-0.4, -0.2) is 11.0 Å². The molecule has 0 bridgehead atoms. The normalized spacial score (nSPS) is 10.5. The average molecular weight is 372 g/mol. The predicted octanol–water partition coefficient (Wildman–Crippen LogP) is 5.40. The van der Waals surface area contributed by atoms with E-state index >= 15 is 0 Å². The van der Waals surface area contributed by atoms with Gasteiger partial charge in [-0.15, -0.1) is 11.3 Å². The number of anilines is 1. The maximum atomic E-state index is 12.0. The summed E-state index contributed by atoms with van der Waals surface area (Å²) in [6.07, 6.45) is 0. The van der Waals surface area contributed by atoms with Crippen molar-refractivity contribution >= 4 is 34.7 Å². The van der Waals surface area contributed by atoms with Gasteiger partial charge in [-0.05, 0) is 43.7 Å². The second-order valence-corrected chi connectivity index (χ2v) is 7.18. The highest BCUT2D eigenvalue weighted by atomic mass is 35.5. The quantitative estimate of drug-likeness (QED) is 0.644. The van der Waals surface area contributed by atoms with Gasteiger partial charge in [-0.3, -0.25) is 0 Å². The van der Waals surface area contributed by atoms with Crippen molar-refractivity contribution in [2.24, 2.45) is 0 Å². The van der Waals surface area contributed by atoms with E-state index in [4.69, 9.17) is 11.6 Å². The fourth-order valence-electron chi connectivity index (χ4n) is 2.39. The van der Waals surface area contributed by atoms with Gasteiger partial charge in [0, 0.05) is 21.2 Å². The minimum atomic E-state index is -0.257. The number of thiazole rings is 1. The maximum Gasteiger partial charge on any atom is 0.319 e. The second-order valence-electron chi connectivity index (χ2n) is 5.66. The van der Waals surface area contributed by atoms with E-state index in [-0.39, 0.29) is 6.03 Å². The van der Waals surface area contributed by atoms with Crippen LogP contribution < -0.4 is 10.6 Å². The summed E-state index contributed by atoms with van der Waals surface area (Å²) in [5.41, 5.74) is 3.96. The van der Waals surface area contributed by atoms with E-state index in [0.29, 0.717) is 17.3 Å². The molecule has 1 aromatic heterocycles. The highest BCUT2D eigenvalue weighted by Crippen LogP contribution is 2.30. The van der Waals surface area contributed by atoms with Crippen LogP contribution in [0.15, 0.2) is 48.5 Å². The number of rotatable bonds is 4. The summed E-state index contributed by atoms with van der Waals surface area (Å²) in [7, 11) is 0. The third kappa shape index (κ3) is 4.38. The fraction of sp³-hybridized carbons (Fsp3) is 0.158. The summed E-state index contributed by atoms with van der Waals surface area (Å²) in [5.74, 6) is 0. The SMILES string of the molecule is Cc1ccccc1-c1nc(C)c(CNC(=O)Nc2ccc(Cl)cc2)s1. The Balaban J connectivity index is 1.64. The van der Waals surface area contributed by atoms with Crippen LogP contribution in [0.1, 0.15) is 16.1 Å². The summed E-state index contributed by atoms with van der Waals surface area (Å²) in [6, 6.07) is 14.9. The standard InChI is InChI=1S/C19H18ClN3OS/c1-12-5-3-4-6-16(12)18-22-13(2)17(25-18)11-21-19(24)23-15-9-7-14(20)8-10-15/h3-10H,11H2,1-2H3,(H2,21,23,24). The number of urea groups is 1. The Morgan fingerprint density at radius 2 is 1.84 bits per heavy atom. The van der Waals surface area contributed by atoms with E-state index in [1.54, 1.807) is 35.6 Å². The van der Waals surface area contributed by atoms with E-state index < -0.39 is 0 Å². The minimum Gasteiger partial charge on any atom is -0.333 e. The van der Waals surface area contributed by atoms with Crippen molar-refractivity contribution in [3.63, 3.8) is 0 Å². The molecule has 0 saturated carbocycles. The first-order chi connectivity index (χ1) is 12.0.